The van der Waals surface area contributed by atoms with Gasteiger partial charge in [0.15, 0.2) is 11.5 Å². The van der Waals surface area contributed by atoms with Gasteiger partial charge in [-0.15, -0.1) is 0 Å². The molecule has 1 atom stereocenters. The first-order valence-electron chi connectivity index (χ1n) is 11.0. The number of benzene rings is 1. The van der Waals surface area contributed by atoms with Gasteiger partial charge < -0.3 is 19.2 Å². The number of aromatic nitrogens is 1. The Morgan fingerprint density at radius 3 is 2.69 bits per heavy atom. The van der Waals surface area contributed by atoms with Crippen molar-refractivity contribution in [3.63, 3.8) is 0 Å². The third-order valence-electron chi connectivity index (χ3n) is 5.88. The van der Waals surface area contributed by atoms with E-state index in [0.29, 0.717) is 12.5 Å². The highest BCUT2D eigenvalue weighted by Gasteiger charge is 2.24. The van der Waals surface area contributed by atoms with E-state index in [1.54, 1.807) is 0 Å². The number of hydrogen-bond acceptors (Lipinski definition) is 5. The number of ether oxygens (including phenoxy) is 2. The van der Waals surface area contributed by atoms with E-state index in [4.69, 9.17) is 13.9 Å². The third kappa shape index (κ3) is 5.95. The minimum absolute atomic E-state index is 0.00950. The lowest BCUT2D eigenvalue weighted by Gasteiger charge is -2.28. The lowest BCUT2D eigenvalue weighted by atomic mass is 9.85. The van der Waals surface area contributed by atoms with E-state index in [9.17, 15) is 4.79 Å². The molecule has 2 aliphatic carbocycles. The number of hydrogen-bond donors (Lipinski definition) is 1. The molecule has 2 aliphatic rings. The Bertz CT molecular complexity index is 821. The number of rotatable bonds is 9. The summed E-state index contributed by atoms with van der Waals surface area (Å²) in [7, 11) is 0. The van der Waals surface area contributed by atoms with Crippen LogP contribution in [0.5, 0.6) is 5.75 Å². The third-order valence-corrected chi connectivity index (χ3v) is 5.88. The topological polar surface area (TPSA) is 73.6 Å². The van der Waals surface area contributed by atoms with Crippen LogP contribution in [0.2, 0.25) is 0 Å². The van der Waals surface area contributed by atoms with Crippen LogP contribution in [0, 0.1) is 11.8 Å². The van der Waals surface area contributed by atoms with E-state index in [1.807, 2.05) is 25.1 Å². The molecule has 1 aromatic carbocycles. The summed E-state index contributed by atoms with van der Waals surface area (Å²) in [5.74, 6) is 3.01. The van der Waals surface area contributed by atoms with Gasteiger partial charge in [-0.1, -0.05) is 0 Å². The smallest absolute Gasteiger partial charge is 0.217 e. The molecule has 0 aliphatic heterocycles. The highest BCUT2D eigenvalue weighted by molar-refractivity contribution is 5.74. The van der Waals surface area contributed by atoms with Gasteiger partial charge >= 0.3 is 0 Å². The van der Waals surface area contributed by atoms with Crippen LogP contribution in [-0.2, 0) is 16.0 Å². The number of carbonyl (C=O) groups is 1. The molecule has 158 valence electrons. The largest absolute Gasteiger partial charge is 0.493 e. The molecule has 2 fully saturated rings. The van der Waals surface area contributed by atoms with Gasteiger partial charge in [0.2, 0.25) is 5.91 Å². The Labute approximate surface area is 172 Å². The zero-order valence-corrected chi connectivity index (χ0v) is 17.5. The summed E-state index contributed by atoms with van der Waals surface area (Å²) >= 11 is 0. The summed E-state index contributed by atoms with van der Waals surface area (Å²) in [4.78, 5) is 15.7. The molecule has 0 spiro atoms. The van der Waals surface area contributed by atoms with Crippen molar-refractivity contribution in [2.75, 3.05) is 13.2 Å². The SMILES string of the molecule is CC(=O)NC(C)COC1CCC(Cc2nc3ccc(OCC4CC4)cc3o2)CC1. The van der Waals surface area contributed by atoms with Crippen LogP contribution in [0.3, 0.4) is 0 Å². The second kappa shape index (κ2) is 9.16. The predicted molar refractivity (Wildman–Crippen MR) is 111 cm³/mol. The summed E-state index contributed by atoms with van der Waals surface area (Å²) < 4.78 is 17.8. The van der Waals surface area contributed by atoms with Crippen molar-refractivity contribution in [3.05, 3.63) is 24.1 Å². The van der Waals surface area contributed by atoms with Crippen LogP contribution in [-0.4, -0.2) is 36.3 Å². The van der Waals surface area contributed by atoms with Gasteiger partial charge in [0.25, 0.3) is 0 Å². The molecule has 0 radical (unpaired) electrons. The van der Waals surface area contributed by atoms with E-state index in [2.05, 4.69) is 10.3 Å². The fraction of sp³-hybridized carbons (Fsp3) is 0.652. The first-order chi connectivity index (χ1) is 14.0. The number of fused-ring (bicyclic) bond motifs is 1. The maximum absolute atomic E-state index is 11.1. The highest BCUT2D eigenvalue weighted by Crippen LogP contribution is 2.32. The van der Waals surface area contributed by atoms with Crippen LogP contribution in [0.4, 0.5) is 0 Å². The van der Waals surface area contributed by atoms with Crippen molar-refractivity contribution >= 4 is 17.0 Å². The van der Waals surface area contributed by atoms with E-state index >= 15 is 0 Å². The molecule has 1 heterocycles. The maximum atomic E-state index is 11.1. The van der Waals surface area contributed by atoms with E-state index in [0.717, 1.165) is 67.4 Å². The van der Waals surface area contributed by atoms with Crippen molar-refractivity contribution in [1.29, 1.82) is 0 Å². The summed E-state index contributed by atoms with van der Waals surface area (Å²) in [6.07, 6.45) is 8.08. The van der Waals surface area contributed by atoms with Crippen LogP contribution in [0.25, 0.3) is 11.1 Å². The van der Waals surface area contributed by atoms with Crippen LogP contribution < -0.4 is 10.1 Å². The van der Waals surface area contributed by atoms with E-state index in [1.165, 1.54) is 19.8 Å². The van der Waals surface area contributed by atoms with E-state index < -0.39 is 0 Å². The number of nitrogens with zero attached hydrogens (tertiary/aromatic N) is 1. The van der Waals surface area contributed by atoms with E-state index in [-0.39, 0.29) is 18.1 Å². The number of carbonyl (C=O) groups excluding carboxylic acids is 1. The molecular formula is C23H32N2O4. The van der Waals surface area contributed by atoms with Crippen molar-refractivity contribution < 1.29 is 18.7 Å². The molecule has 4 rings (SSSR count). The average molecular weight is 401 g/mol. The second-order valence-corrected chi connectivity index (χ2v) is 8.77. The Kier molecular flexibility index (Phi) is 6.38. The van der Waals surface area contributed by atoms with Crippen molar-refractivity contribution in [3.8, 4) is 5.75 Å². The normalized spacial score (nSPS) is 23.1. The summed E-state index contributed by atoms with van der Waals surface area (Å²) in [5.41, 5.74) is 1.72. The molecule has 0 saturated heterocycles. The van der Waals surface area contributed by atoms with Gasteiger partial charge in [0, 0.05) is 25.5 Å². The molecule has 6 nitrogen and oxygen atoms in total. The number of nitrogens with one attached hydrogen (secondary N) is 1. The first kappa shape index (κ1) is 20.2. The fourth-order valence-electron chi connectivity index (χ4n) is 4.05. The monoisotopic (exact) mass is 400 g/mol. The van der Waals surface area contributed by atoms with Crippen LogP contribution in [0.15, 0.2) is 22.6 Å². The molecule has 2 aromatic rings. The van der Waals surface area contributed by atoms with Gasteiger partial charge in [-0.05, 0) is 69.4 Å². The van der Waals surface area contributed by atoms with Crippen molar-refractivity contribution in [2.24, 2.45) is 11.8 Å². The van der Waals surface area contributed by atoms with Gasteiger partial charge in [0.05, 0.1) is 19.3 Å². The maximum Gasteiger partial charge on any atom is 0.217 e. The number of amides is 1. The minimum atomic E-state index is -0.00950. The fourth-order valence-corrected chi connectivity index (χ4v) is 4.05. The predicted octanol–water partition coefficient (Wildman–Crippen LogP) is 4.26. The summed E-state index contributed by atoms with van der Waals surface area (Å²) in [6, 6.07) is 6.01. The second-order valence-electron chi connectivity index (χ2n) is 8.77. The standard InChI is InChI=1S/C23H32N2O4/c1-15(24-16(2)26)13-27-19-7-5-17(6-8-19)11-23-25-21-10-9-20(12-22(21)29-23)28-14-18-3-4-18/h9-10,12,15,17-19H,3-8,11,13-14H2,1-2H3,(H,24,26). The first-order valence-corrected chi connectivity index (χ1v) is 11.0. The molecule has 1 aromatic heterocycles. The van der Waals surface area contributed by atoms with Crippen molar-refractivity contribution in [1.82, 2.24) is 10.3 Å². The molecule has 29 heavy (non-hydrogen) atoms. The quantitative estimate of drug-likeness (QED) is 0.681. The molecular weight excluding hydrogens is 368 g/mol. The van der Waals surface area contributed by atoms with Crippen molar-refractivity contribution in [2.45, 2.75) is 70.9 Å². The molecule has 6 heteroatoms. The van der Waals surface area contributed by atoms with Gasteiger partial charge in [-0.25, -0.2) is 4.98 Å². The molecule has 2 saturated carbocycles. The Morgan fingerprint density at radius 1 is 1.21 bits per heavy atom. The zero-order valence-electron chi connectivity index (χ0n) is 17.5. The van der Waals surface area contributed by atoms with Gasteiger partial charge in [-0.2, -0.15) is 0 Å². The Hall–Kier alpha value is -2.08. The summed E-state index contributed by atoms with van der Waals surface area (Å²) in [6.45, 7) is 4.89. The number of oxazole rings is 1. The summed E-state index contributed by atoms with van der Waals surface area (Å²) in [5, 5.41) is 2.86. The van der Waals surface area contributed by atoms with Gasteiger partial charge in [0.1, 0.15) is 11.3 Å². The van der Waals surface area contributed by atoms with Gasteiger partial charge in [-0.3, -0.25) is 4.79 Å². The molecule has 0 bridgehead atoms. The zero-order chi connectivity index (χ0) is 20.2. The lowest BCUT2D eigenvalue weighted by molar-refractivity contribution is -0.120. The molecule has 1 unspecified atom stereocenters. The Balaban J connectivity index is 1.23. The lowest BCUT2D eigenvalue weighted by Crippen LogP contribution is -2.36. The Morgan fingerprint density at radius 2 is 1.97 bits per heavy atom. The highest BCUT2D eigenvalue weighted by atomic mass is 16.5. The molecule has 1 amide bonds. The minimum Gasteiger partial charge on any atom is -0.493 e. The van der Waals surface area contributed by atoms with Crippen LogP contribution >= 0.6 is 0 Å². The van der Waals surface area contributed by atoms with Crippen LogP contribution in [0.1, 0.15) is 58.3 Å². The average Bonchev–Trinajstić information content (AvgIpc) is 3.44. The molecule has 1 N–H and O–H groups in total.